The molecule has 5 nitrogen and oxygen atoms in total. The molecular weight excluding hydrogens is 455 g/mol. The molecule has 3 aromatic rings. The third kappa shape index (κ3) is 4.85. The summed E-state index contributed by atoms with van der Waals surface area (Å²) in [6.45, 7) is 2.02. The normalized spacial score (nSPS) is 12.1. The number of benzene rings is 2. The average Bonchev–Trinajstić information content (AvgIpc) is 3.28. The Morgan fingerprint density at radius 2 is 1.93 bits per heavy atom. The van der Waals surface area contributed by atoms with E-state index >= 15 is 0 Å². The third-order valence-electron chi connectivity index (χ3n) is 4.02. The molecule has 0 bridgehead atoms. The van der Waals surface area contributed by atoms with E-state index in [4.69, 9.17) is 32.7 Å². The Kier molecular flexibility index (Phi) is 6.70. The summed E-state index contributed by atoms with van der Waals surface area (Å²) in [4.78, 5) is 17.6. The first-order chi connectivity index (χ1) is 13.5. The second-order valence-corrected chi connectivity index (χ2v) is 7.81. The second kappa shape index (κ2) is 9.05. The quantitative estimate of drug-likeness (QED) is 0.339. The van der Waals surface area contributed by atoms with Gasteiger partial charge in [-0.1, -0.05) is 46.7 Å². The van der Waals surface area contributed by atoms with Gasteiger partial charge in [-0.15, -0.1) is 12.4 Å². The van der Waals surface area contributed by atoms with Crippen molar-refractivity contribution in [1.82, 2.24) is 4.98 Å². The van der Waals surface area contributed by atoms with E-state index in [0.29, 0.717) is 37.2 Å². The summed E-state index contributed by atoms with van der Waals surface area (Å²) >= 11 is 13.2. The van der Waals surface area contributed by atoms with Gasteiger partial charge in [-0.2, -0.15) is 0 Å². The predicted octanol–water partition coefficient (Wildman–Crippen LogP) is 6.55. The molecule has 2 heterocycles. The number of thiazole rings is 1. The smallest absolute Gasteiger partial charge is 0.231 e. The molecule has 1 N–H and O–H groups in total. The van der Waals surface area contributed by atoms with Crippen LogP contribution >= 0.6 is 46.9 Å². The van der Waals surface area contributed by atoms with Gasteiger partial charge in [-0.25, -0.2) is 4.98 Å². The molecule has 1 aliphatic heterocycles. The summed E-state index contributed by atoms with van der Waals surface area (Å²) in [6, 6.07) is 10.7. The number of nitrogens with zero attached hydrogens (tertiary/aromatic N) is 1. The lowest BCUT2D eigenvalue weighted by Gasteiger charge is -2.03. The first-order valence-electron chi connectivity index (χ1n) is 8.31. The van der Waals surface area contributed by atoms with E-state index < -0.39 is 0 Å². The second-order valence-electron chi connectivity index (χ2n) is 6.00. The zero-order valence-corrected chi connectivity index (χ0v) is 18.2. The number of nitrogens with one attached hydrogen (secondary N) is 1. The molecule has 0 amide bonds. The van der Waals surface area contributed by atoms with Gasteiger partial charge in [-0.3, -0.25) is 4.79 Å². The standard InChI is InChI=1S/C20H14Cl2N2O3S.ClH/c1-11-19(28-20(23-11)24-13-4-5-14(21)15(22)9-13)16(25)6-2-12-3-7-17-18(8-12)27-10-26-17;/h2-9H,10H2,1H3,(H,23,24);1H/b6-2+;. The number of aromatic nitrogens is 1. The van der Waals surface area contributed by atoms with E-state index in [1.54, 1.807) is 31.2 Å². The zero-order chi connectivity index (χ0) is 19.7. The first-order valence-corrected chi connectivity index (χ1v) is 9.88. The number of hydrogen-bond donors (Lipinski definition) is 1. The third-order valence-corrected chi connectivity index (χ3v) is 5.84. The van der Waals surface area contributed by atoms with Crippen LogP contribution in [-0.2, 0) is 0 Å². The van der Waals surface area contributed by atoms with Gasteiger partial charge in [0, 0.05) is 5.69 Å². The van der Waals surface area contributed by atoms with Gasteiger partial charge in [0.25, 0.3) is 0 Å². The summed E-state index contributed by atoms with van der Waals surface area (Å²) in [6.07, 6.45) is 3.27. The van der Waals surface area contributed by atoms with E-state index in [2.05, 4.69) is 10.3 Å². The molecule has 0 saturated carbocycles. The average molecular weight is 470 g/mol. The molecule has 0 radical (unpaired) electrons. The Morgan fingerprint density at radius 3 is 2.72 bits per heavy atom. The van der Waals surface area contributed by atoms with Crippen molar-refractivity contribution in [2.24, 2.45) is 0 Å². The number of rotatable bonds is 5. The minimum absolute atomic E-state index is 0. The Labute approximate surface area is 187 Å². The highest BCUT2D eigenvalue weighted by molar-refractivity contribution is 7.17. The highest BCUT2D eigenvalue weighted by Crippen LogP contribution is 2.33. The molecule has 0 unspecified atom stereocenters. The fraction of sp³-hybridized carbons (Fsp3) is 0.100. The number of halogens is 3. The zero-order valence-electron chi connectivity index (χ0n) is 15.1. The number of carbonyl (C=O) groups excluding carboxylic acids is 1. The number of allylic oxidation sites excluding steroid dienone is 1. The van der Waals surface area contributed by atoms with Crippen LogP contribution in [0.2, 0.25) is 10.0 Å². The number of hydrogen-bond acceptors (Lipinski definition) is 6. The largest absolute Gasteiger partial charge is 0.454 e. The maximum Gasteiger partial charge on any atom is 0.231 e. The van der Waals surface area contributed by atoms with E-state index in [0.717, 1.165) is 11.3 Å². The Hall–Kier alpha value is -2.25. The van der Waals surface area contributed by atoms with Gasteiger partial charge in [0.2, 0.25) is 6.79 Å². The Morgan fingerprint density at radius 1 is 1.14 bits per heavy atom. The van der Waals surface area contributed by atoms with Gasteiger partial charge in [0.05, 0.1) is 20.6 Å². The van der Waals surface area contributed by atoms with Crippen molar-refractivity contribution in [1.29, 1.82) is 0 Å². The lowest BCUT2D eigenvalue weighted by atomic mass is 10.1. The van der Waals surface area contributed by atoms with Gasteiger partial charge < -0.3 is 14.8 Å². The highest BCUT2D eigenvalue weighted by Gasteiger charge is 2.15. The van der Waals surface area contributed by atoms with Gasteiger partial charge >= 0.3 is 0 Å². The van der Waals surface area contributed by atoms with E-state index in [-0.39, 0.29) is 25.0 Å². The predicted molar refractivity (Wildman–Crippen MR) is 120 cm³/mol. The SMILES string of the molecule is Cc1nc(Nc2ccc(Cl)c(Cl)c2)sc1C(=O)/C=C/c1ccc2c(c1)OCO2.Cl. The summed E-state index contributed by atoms with van der Waals surface area (Å²) in [5.74, 6) is 1.27. The molecular formula is C20H15Cl3N2O3S. The number of ketones is 1. The van der Waals surface area contributed by atoms with Crippen molar-refractivity contribution in [2.75, 3.05) is 12.1 Å². The fourth-order valence-electron chi connectivity index (χ4n) is 2.64. The highest BCUT2D eigenvalue weighted by atomic mass is 35.5. The fourth-order valence-corrected chi connectivity index (χ4v) is 3.85. The number of aryl methyl sites for hydroxylation is 1. The summed E-state index contributed by atoms with van der Waals surface area (Å²) in [5, 5.41) is 4.68. The Balaban J connectivity index is 0.00000240. The maximum atomic E-state index is 12.6. The molecule has 0 atom stereocenters. The van der Waals surface area contributed by atoms with Crippen LogP contribution < -0.4 is 14.8 Å². The minimum Gasteiger partial charge on any atom is -0.454 e. The number of fused-ring (bicyclic) bond motifs is 1. The summed E-state index contributed by atoms with van der Waals surface area (Å²) < 4.78 is 10.6. The molecule has 2 aromatic carbocycles. The maximum absolute atomic E-state index is 12.6. The lowest BCUT2D eigenvalue weighted by molar-refractivity contribution is 0.105. The van der Waals surface area contributed by atoms with Gasteiger partial charge in [0.15, 0.2) is 22.4 Å². The van der Waals surface area contributed by atoms with Gasteiger partial charge in [0.1, 0.15) is 0 Å². The van der Waals surface area contributed by atoms with E-state index in [1.807, 2.05) is 18.2 Å². The van der Waals surface area contributed by atoms with Gasteiger partial charge in [-0.05, 0) is 48.9 Å². The van der Waals surface area contributed by atoms with Crippen LogP contribution in [0.25, 0.3) is 6.08 Å². The molecule has 0 fully saturated rings. The molecule has 0 spiro atoms. The van der Waals surface area contributed by atoms with Crippen LogP contribution in [0, 0.1) is 6.92 Å². The van der Waals surface area contributed by atoms with Crippen LogP contribution in [0.3, 0.4) is 0 Å². The molecule has 1 aromatic heterocycles. The number of carbonyl (C=O) groups is 1. The molecule has 0 aliphatic carbocycles. The molecule has 9 heteroatoms. The molecule has 1 aliphatic rings. The van der Waals surface area contributed by atoms with Crippen molar-refractivity contribution < 1.29 is 14.3 Å². The molecule has 0 saturated heterocycles. The van der Waals surface area contributed by atoms with Crippen LogP contribution in [0.5, 0.6) is 11.5 Å². The van der Waals surface area contributed by atoms with Crippen molar-refractivity contribution in [3.8, 4) is 11.5 Å². The molecule has 4 rings (SSSR count). The van der Waals surface area contributed by atoms with Crippen LogP contribution in [-0.4, -0.2) is 17.6 Å². The van der Waals surface area contributed by atoms with Crippen molar-refractivity contribution >= 4 is 69.6 Å². The first kappa shape index (κ1) is 21.5. The summed E-state index contributed by atoms with van der Waals surface area (Å²) in [7, 11) is 0. The molecule has 29 heavy (non-hydrogen) atoms. The van der Waals surface area contributed by atoms with E-state index in [9.17, 15) is 4.79 Å². The Bertz CT molecular complexity index is 1100. The van der Waals surface area contributed by atoms with E-state index in [1.165, 1.54) is 17.4 Å². The molecule has 150 valence electrons. The summed E-state index contributed by atoms with van der Waals surface area (Å²) in [5.41, 5.74) is 2.26. The number of ether oxygens (including phenoxy) is 2. The lowest BCUT2D eigenvalue weighted by Crippen LogP contribution is -1.93. The van der Waals surface area contributed by atoms with Crippen molar-refractivity contribution in [3.63, 3.8) is 0 Å². The number of anilines is 2. The monoisotopic (exact) mass is 468 g/mol. The van der Waals surface area contributed by atoms with Crippen LogP contribution in [0.4, 0.5) is 10.8 Å². The van der Waals surface area contributed by atoms with Crippen LogP contribution in [0.1, 0.15) is 20.9 Å². The van der Waals surface area contributed by atoms with Crippen molar-refractivity contribution in [3.05, 3.63) is 68.7 Å². The topological polar surface area (TPSA) is 60.5 Å². The van der Waals surface area contributed by atoms with Crippen molar-refractivity contribution in [2.45, 2.75) is 6.92 Å². The minimum atomic E-state index is -0.116. The van der Waals surface area contributed by atoms with Crippen LogP contribution in [0.15, 0.2) is 42.5 Å².